The number of urea groups is 1. The molecule has 2 N–H and O–H groups in total. The summed E-state index contributed by atoms with van der Waals surface area (Å²) in [6.07, 6.45) is 0.875. The van der Waals surface area contributed by atoms with E-state index in [0.717, 1.165) is 23.3 Å². The van der Waals surface area contributed by atoms with Crippen molar-refractivity contribution in [1.29, 1.82) is 0 Å². The zero-order chi connectivity index (χ0) is 25.9. The van der Waals surface area contributed by atoms with Crippen LogP contribution in [-0.4, -0.2) is 40.1 Å². The summed E-state index contributed by atoms with van der Waals surface area (Å²) in [6.45, 7) is 0.582. The number of rotatable bonds is 7. The maximum atomic E-state index is 13.5. The molecule has 0 aromatic heterocycles. The fourth-order valence-corrected chi connectivity index (χ4v) is 5.95. The molecule has 3 aromatic carbocycles. The standard InChI is InChI=1S/C25H23Cl2N3O5S/c1-30(18-10-11-22-17(15-18)12-13-35-22)24(31)21(14-16-6-3-2-4-7-16)28-25(32)29-36(33,34)23-19(26)8-5-9-20(23)27/h2-11,15,21H,12-14H2,1H3,(H2,28,29,32)/t21-/m0/s1. The lowest BCUT2D eigenvalue weighted by Gasteiger charge is -2.25. The normalized spacial score (nSPS) is 13.3. The molecular weight excluding hydrogens is 525 g/mol. The van der Waals surface area contributed by atoms with Crippen molar-refractivity contribution in [3.05, 3.63) is 87.9 Å². The molecule has 8 nitrogen and oxygen atoms in total. The summed E-state index contributed by atoms with van der Waals surface area (Å²) >= 11 is 12.0. The van der Waals surface area contributed by atoms with E-state index in [1.807, 2.05) is 41.1 Å². The molecule has 0 aliphatic carbocycles. The monoisotopic (exact) mass is 547 g/mol. The number of nitrogens with one attached hydrogen (secondary N) is 2. The second-order valence-corrected chi connectivity index (χ2v) is 10.6. The van der Waals surface area contributed by atoms with Crippen LogP contribution in [0.5, 0.6) is 5.75 Å². The SMILES string of the molecule is CN(C(=O)[C@H](Cc1ccccc1)NC(=O)NS(=O)(=O)c1c(Cl)cccc1Cl)c1ccc2c(c1)CCO2. The van der Waals surface area contributed by atoms with Gasteiger partial charge in [0.1, 0.15) is 16.7 Å². The Morgan fingerprint density at radius 1 is 1.03 bits per heavy atom. The molecule has 1 atom stereocenters. The van der Waals surface area contributed by atoms with E-state index in [9.17, 15) is 18.0 Å². The van der Waals surface area contributed by atoms with Crippen molar-refractivity contribution in [2.45, 2.75) is 23.8 Å². The van der Waals surface area contributed by atoms with Crippen LogP contribution in [0, 0.1) is 0 Å². The van der Waals surface area contributed by atoms with E-state index < -0.39 is 32.9 Å². The molecule has 0 saturated carbocycles. The van der Waals surface area contributed by atoms with Gasteiger partial charge < -0.3 is 15.0 Å². The Labute approximate surface area is 219 Å². The first-order chi connectivity index (χ1) is 17.2. The minimum absolute atomic E-state index is 0.137. The lowest BCUT2D eigenvalue weighted by atomic mass is 10.0. The summed E-state index contributed by atoms with van der Waals surface area (Å²) in [4.78, 5) is 27.3. The van der Waals surface area contributed by atoms with Crippen LogP contribution >= 0.6 is 23.2 Å². The van der Waals surface area contributed by atoms with Crippen LogP contribution in [0.15, 0.2) is 71.6 Å². The number of hydrogen-bond acceptors (Lipinski definition) is 5. The highest BCUT2D eigenvalue weighted by atomic mass is 35.5. The van der Waals surface area contributed by atoms with Gasteiger partial charge in [-0.1, -0.05) is 59.6 Å². The maximum Gasteiger partial charge on any atom is 0.329 e. The van der Waals surface area contributed by atoms with Crippen molar-refractivity contribution in [2.24, 2.45) is 0 Å². The molecule has 0 radical (unpaired) electrons. The van der Waals surface area contributed by atoms with Crippen LogP contribution in [0.3, 0.4) is 0 Å². The molecule has 0 bridgehead atoms. The summed E-state index contributed by atoms with van der Waals surface area (Å²) in [5.41, 5.74) is 2.39. The van der Waals surface area contributed by atoms with Gasteiger partial charge in [0.2, 0.25) is 5.91 Å². The summed E-state index contributed by atoms with van der Waals surface area (Å²) < 4.78 is 33.1. The number of fused-ring (bicyclic) bond motifs is 1. The van der Waals surface area contributed by atoms with Crippen molar-refractivity contribution in [3.8, 4) is 5.75 Å². The number of hydrogen-bond donors (Lipinski definition) is 2. The Morgan fingerprint density at radius 3 is 2.42 bits per heavy atom. The minimum atomic E-state index is -4.41. The van der Waals surface area contributed by atoms with Crippen molar-refractivity contribution in [2.75, 3.05) is 18.6 Å². The summed E-state index contributed by atoms with van der Waals surface area (Å²) in [5, 5.41) is 2.22. The van der Waals surface area contributed by atoms with Gasteiger partial charge in [-0.05, 0) is 41.5 Å². The number of halogens is 2. The fourth-order valence-electron chi connectivity index (χ4n) is 3.89. The van der Waals surface area contributed by atoms with Gasteiger partial charge in [0.05, 0.1) is 16.7 Å². The van der Waals surface area contributed by atoms with E-state index in [2.05, 4.69) is 5.32 Å². The third-order valence-corrected chi connectivity index (χ3v) is 7.98. The molecule has 0 unspecified atom stereocenters. The van der Waals surface area contributed by atoms with E-state index in [1.165, 1.54) is 23.1 Å². The van der Waals surface area contributed by atoms with E-state index in [1.54, 1.807) is 19.2 Å². The van der Waals surface area contributed by atoms with Gasteiger partial charge >= 0.3 is 6.03 Å². The maximum absolute atomic E-state index is 13.5. The van der Waals surface area contributed by atoms with Gasteiger partial charge in [-0.15, -0.1) is 0 Å². The number of carbonyl (C=O) groups excluding carboxylic acids is 2. The third-order valence-electron chi connectivity index (χ3n) is 5.69. The zero-order valence-electron chi connectivity index (χ0n) is 19.2. The van der Waals surface area contributed by atoms with Gasteiger partial charge in [-0.2, -0.15) is 0 Å². The van der Waals surface area contributed by atoms with E-state index in [4.69, 9.17) is 27.9 Å². The molecule has 3 aromatic rings. The Bertz CT molecular complexity index is 1380. The zero-order valence-corrected chi connectivity index (χ0v) is 21.5. The van der Waals surface area contributed by atoms with Crippen LogP contribution in [-0.2, 0) is 27.7 Å². The van der Waals surface area contributed by atoms with E-state index >= 15 is 0 Å². The van der Waals surface area contributed by atoms with Gasteiger partial charge in [-0.25, -0.2) is 17.9 Å². The van der Waals surface area contributed by atoms with Crippen molar-refractivity contribution < 1.29 is 22.7 Å². The number of sulfonamides is 1. The van der Waals surface area contributed by atoms with Crippen molar-refractivity contribution in [1.82, 2.24) is 10.0 Å². The van der Waals surface area contributed by atoms with Crippen LogP contribution in [0.4, 0.5) is 10.5 Å². The van der Waals surface area contributed by atoms with Gasteiger partial charge in [0, 0.05) is 25.6 Å². The smallest absolute Gasteiger partial charge is 0.329 e. The second-order valence-electron chi connectivity index (χ2n) is 8.16. The quantitative estimate of drug-likeness (QED) is 0.461. The largest absolute Gasteiger partial charge is 0.493 e. The third kappa shape index (κ3) is 5.75. The molecule has 1 heterocycles. The van der Waals surface area contributed by atoms with Gasteiger partial charge in [0.25, 0.3) is 10.0 Å². The molecule has 11 heteroatoms. The molecule has 1 aliphatic heterocycles. The Balaban J connectivity index is 1.56. The average molecular weight is 548 g/mol. The highest BCUT2D eigenvalue weighted by molar-refractivity contribution is 7.90. The molecule has 3 amide bonds. The summed E-state index contributed by atoms with van der Waals surface area (Å²) in [7, 11) is -2.81. The first-order valence-electron chi connectivity index (χ1n) is 11.0. The molecule has 0 fully saturated rings. The molecule has 36 heavy (non-hydrogen) atoms. The molecule has 188 valence electrons. The number of ether oxygens (including phenoxy) is 1. The number of benzene rings is 3. The van der Waals surface area contributed by atoms with Crippen LogP contribution < -0.4 is 19.7 Å². The highest BCUT2D eigenvalue weighted by Gasteiger charge is 2.29. The van der Waals surface area contributed by atoms with Gasteiger partial charge in [-0.3, -0.25) is 4.79 Å². The summed E-state index contributed by atoms with van der Waals surface area (Å²) in [5.74, 6) is 0.349. The number of carbonyl (C=O) groups is 2. The topological polar surface area (TPSA) is 105 Å². The highest BCUT2D eigenvalue weighted by Crippen LogP contribution is 2.30. The lowest BCUT2D eigenvalue weighted by molar-refractivity contribution is -0.120. The number of amides is 3. The van der Waals surface area contributed by atoms with Crippen LogP contribution in [0.1, 0.15) is 11.1 Å². The average Bonchev–Trinajstić information content (AvgIpc) is 3.30. The summed E-state index contributed by atoms with van der Waals surface area (Å²) in [6, 6.07) is 16.5. The van der Waals surface area contributed by atoms with Crippen molar-refractivity contribution >= 4 is 50.9 Å². The van der Waals surface area contributed by atoms with E-state index in [-0.39, 0.29) is 16.5 Å². The first-order valence-corrected chi connectivity index (χ1v) is 13.2. The number of nitrogens with zero attached hydrogens (tertiary/aromatic N) is 1. The predicted octanol–water partition coefficient (Wildman–Crippen LogP) is 4.19. The predicted molar refractivity (Wildman–Crippen MR) is 138 cm³/mol. The van der Waals surface area contributed by atoms with Crippen LogP contribution in [0.2, 0.25) is 10.0 Å². The molecule has 4 rings (SSSR count). The molecule has 1 aliphatic rings. The number of likely N-dealkylation sites (N-methyl/N-ethyl adjacent to an activating group) is 1. The van der Waals surface area contributed by atoms with Crippen molar-refractivity contribution in [3.63, 3.8) is 0 Å². The van der Waals surface area contributed by atoms with Gasteiger partial charge in [0.15, 0.2) is 0 Å². The number of anilines is 1. The van der Waals surface area contributed by atoms with E-state index in [0.29, 0.717) is 12.3 Å². The lowest BCUT2D eigenvalue weighted by Crippen LogP contribution is -2.52. The Kier molecular flexibility index (Phi) is 7.73. The molecular formula is C25H23Cl2N3O5S. The Hall–Kier alpha value is -3.27. The Morgan fingerprint density at radius 2 is 1.72 bits per heavy atom. The van der Waals surface area contributed by atoms with Crippen LogP contribution in [0.25, 0.3) is 0 Å². The fraction of sp³-hybridized carbons (Fsp3) is 0.200. The molecule has 0 saturated heterocycles. The first kappa shape index (κ1) is 25.8. The molecule has 0 spiro atoms. The minimum Gasteiger partial charge on any atom is -0.493 e. The second kappa shape index (κ2) is 10.8.